The summed E-state index contributed by atoms with van der Waals surface area (Å²) in [6.45, 7) is 0. The zero-order valence-corrected chi connectivity index (χ0v) is 21.4. The zero-order chi connectivity index (χ0) is 24.8. The lowest BCUT2D eigenvalue weighted by Crippen LogP contribution is -2.47. The summed E-state index contributed by atoms with van der Waals surface area (Å²) in [5.41, 5.74) is 4.67. The highest BCUT2D eigenvalue weighted by molar-refractivity contribution is 5.91. The number of aromatic nitrogens is 4. The third-order valence-corrected chi connectivity index (χ3v) is 9.97. The van der Waals surface area contributed by atoms with Crippen LogP contribution in [0.5, 0.6) is 11.6 Å². The summed E-state index contributed by atoms with van der Waals surface area (Å²) in [6.07, 6.45) is 11.2. The molecule has 5 heteroatoms. The molecule has 1 atom stereocenters. The normalized spacial score (nSPS) is 28.8. The van der Waals surface area contributed by atoms with Crippen LogP contribution in [0.2, 0.25) is 0 Å². The van der Waals surface area contributed by atoms with Crippen LogP contribution in [0.4, 0.5) is 0 Å². The molecule has 5 nitrogen and oxygen atoms in total. The molecule has 4 fully saturated rings. The lowest BCUT2D eigenvalue weighted by molar-refractivity contribution is -0.0531. The van der Waals surface area contributed by atoms with Gasteiger partial charge in [-0.2, -0.15) is 0 Å². The second kappa shape index (κ2) is 7.66. The van der Waals surface area contributed by atoms with Crippen molar-refractivity contribution in [3.8, 4) is 11.6 Å². The number of benzene rings is 3. The molecule has 0 radical (unpaired) electrons. The Balaban J connectivity index is 1.20. The van der Waals surface area contributed by atoms with Gasteiger partial charge in [0.05, 0.1) is 5.56 Å². The summed E-state index contributed by atoms with van der Waals surface area (Å²) in [7, 11) is 0. The van der Waals surface area contributed by atoms with Gasteiger partial charge in [-0.1, -0.05) is 66.7 Å². The van der Waals surface area contributed by atoms with Gasteiger partial charge >= 0.3 is 0 Å². The van der Waals surface area contributed by atoms with Gasteiger partial charge in [0.15, 0.2) is 11.5 Å². The molecule has 4 bridgehead atoms. The van der Waals surface area contributed by atoms with E-state index in [2.05, 4.69) is 66.7 Å². The van der Waals surface area contributed by atoms with E-state index in [0.717, 1.165) is 57.9 Å². The van der Waals surface area contributed by atoms with Crippen LogP contribution in [0.3, 0.4) is 0 Å². The van der Waals surface area contributed by atoms with E-state index in [1.807, 2.05) is 4.52 Å². The lowest BCUT2D eigenvalue weighted by atomic mass is 9.49. The Hall–Kier alpha value is -3.73. The van der Waals surface area contributed by atoms with Crippen LogP contribution in [0.15, 0.2) is 73.1 Å². The standard InChI is InChI=1S/C33H30N4O/c1-2-7-24(8-3-1)28-26-11-10-23-6-4-5-9-25(23)30(26)38-32-29(28)31-35-27(36-37(31)19-34-32)18-33-15-20-12-21(16-33)14-22(13-20)17-33/h1-11,19-22,28H,12-18H2. The molecule has 0 saturated heterocycles. The Morgan fingerprint density at radius 3 is 2.37 bits per heavy atom. The Labute approximate surface area is 221 Å². The van der Waals surface area contributed by atoms with Crippen LogP contribution in [0.25, 0.3) is 16.4 Å². The molecule has 38 heavy (non-hydrogen) atoms. The van der Waals surface area contributed by atoms with Crippen molar-refractivity contribution < 1.29 is 4.74 Å². The number of hydrogen-bond acceptors (Lipinski definition) is 4. The molecule has 3 heterocycles. The predicted octanol–water partition coefficient (Wildman–Crippen LogP) is 7.32. The Bertz CT molecular complexity index is 1690. The fraction of sp³-hybridized carbons (Fsp3) is 0.364. The highest BCUT2D eigenvalue weighted by Gasteiger charge is 2.51. The fourth-order valence-corrected chi connectivity index (χ4v) is 9.00. The molecule has 5 aliphatic rings. The van der Waals surface area contributed by atoms with Crippen molar-refractivity contribution in [1.82, 2.24) is 19.6 Å². The summed E-state index contributed by atoms with van der Waals surface area (Å²) < 4.78 is 8.50. The molecule has 3 aromatic carbocycles. The van der Waals surface area contributed by atoms with Crippen LogP contribution in [0.1, 0.15) is 67.0 Å². The second-order valence-corrected chi connectivity index (χ2v) is 12.5. The first-order valence-electron chi connectivity index (χ1n) is 14.2. The van der Waals surface area contributed by atoms with Crippen LogP contribution >= 0.6 is 0 Å². The van der Waals surface area contributed by atoms with Gasteiger partial charge in [0.1, 0.15) is 12.1 Å². The predicted molar refractivity (Wildman–Crippen MR) is 146 cm³/mol. The smallest absolute Gasteiger partial charge is 0.228 e. The first kappa shape index (κ1) is 21.2. The Morgan fingerprint density at radius 1 is 0.842 bits per heavy atom. The Kier molecular flexibility index (Phi) is 4.28. The van der Waals surface area contributed by atoms with E-state index in [-0.39, 0.29) is 5.92 Å². The number of fused-ring (bicyclic) bond motifs is 6. The van der Waals surface area contributed by atoms with E-state index in [1.54, 1.807) is 6.33 Å². The van der Waals surface area contributed by atoms with Crippen LogP contribution in [-0.2, 0) is 6.42 Å². The molecule has 0 N–H and O–H groups in total. The second-order valence-electron chi connectivity index (χ2n) is 12.5. The molecular formula is C33H30N4O. The van der Waals surface area contributed by atoms with Crippen molar-refractivity contribution in [2.45, 2.75) is 50.9 Å². The largest absolute Gasteiger partial charge is 0.438 e. The summed E-state index contributed by atoms with van der Waals surface area (Å²) >= 11 is 0. The average Bonchev–Trinajstić information content (AvgIpc) is 3.33. The number of ether oxygens (including phenoxy) is 1. The first-order valence-corrected chi connectivity index (χ1v) is 14.2. The fourth-order valence-electron chi connectivity index (χ4n) is 9.00. The van der Waals surface area contributed by atoms with E-state index < -0.39 is 0 Å². The molecule has 2 aromatic heterocycles. The minimum atomic E-state index is -0.0210. The molecular weight excluding hydrogens is 468 g/mol. The number of nitrogens with zero attached hydrogens (tertiary/aromatic N) is 4. The topological polar surface area (TPSA) is 52.3 Å². The maximum atomic E-state index is 6.60. The third kappa shape index (κ3) is 3.08. The zero-order valence-electron chi connectivity index (χ0n) is 21.4. The number of rotatable bonds is 3. The van der Waals surface area contributed by atoms with Gasteiger partial charge in [0.25, 0.3) is 0 Å². The average molecular weight is 499 g/mol. The quantitative estimate of drug-likeness (QED) is 0.256. The van der Waals surface area contributed by atoms with Gasteiger partial charge in [0, 0.05) is 23.3 Å². The van der Waals surface area contributed by atoms with Gasteiger partial charge in [-0.3, -0.25) is 0 Å². The minimum absolute atomic E-state index is 0.0210. The monoisotopic (exact) mass is 498 g/mol. The van der Waals surface area contributed by atoms with Crippen LogP contribution in [-0.4, -0.2) is 19.6 Å². The molecule has 5 aromatic rings. The molecule has 4 saturated carbocycles. The third-order valence-electron chi connectivity index (χ3n) is 9.97. The minimum Gasteiger partial charge on any atom is -0.438 e. The van der Waals surface area contributed by atoms with Crippen molar-refractivity contribution in [2.24, 2.45) is 23.2 Å². The van der Waals surface area contributed by atoms with Crippen molar-refractivity contribution in [3.63, 3.8) is 0 Å². The maximum absolute atomic E-state index is 6.60. The van der Waals surface area contributed by atoms with Gasteiger partial charge in [-0.15, -0.1) is 5.10 Å². The summed E-state index contributed by atoms with van der Waals surface area (Å²) in [5, 5.41) is 7.30. The van der Waals surface area contributed by atoms with Crippen molar-refractivity contribution in [1.29, 1.82) is 0 Å². The van der Waals surface area contributed by atoms with Crippen LogP contribution < -0.4 is 4.74 Å². The van der Waals surface area contributed by atoms with E-state index in [4.69, 9.17) is 19.8 Å². The maximum Gasteiger partial charge on any atom is 0.228 e. The summed E-state index contributed by atoms with van der Waals surface area (Å²) in [4.78, 5) is 10.1. The molecule has 1 aliphatic heterocycles. The molecule has 10 rings (SSSR count). The van der Waals surface area contributed by atoms with Crippen LogP contribution in [0, 0.1) is 23.2 Å². The molecule has 0 amide bonds. The van der Waals surface area contributed by atoms with E-state index >= 15 is 0 Å². The van der Waals surface area contributed by atoms with Crippen molar-refractivity contribution >= 4 is 16.4 Å². The Morgan fingerprint density at radius 2 is 1.58 bits per heavy atom. The lowest BCUT2D eigenvalue weighted by Gasteiger charge is -2.56. The summed E-state index contributed by atoms with van der Waals surface area (Å²) in [5.74, 6) is 5.27. The van der Waals surface area contributed by atoms with E-state index in [9.17, 15) is 0 Å². The highest BCUT2D eigenvalue weighted by atomic mass is 16.5. The van der Waals surface area contributed by atoms with E-state index in [0.29, 0.717) is 11.3 Å². The van der Waals surface area contributed by atoms with Gasteiger partial charge in [-0.25, -0.2) is 14.5 Å². The first-order chi connectivity index (χ1) is 18.7. The molecule has 1 unspecified atom stereocenters. The number of hydrogen-bond donors (Lipinski definition) is 0. The summed E-state index contributed by atoms with van der Waals surface area (Å²) in [6, 6.07) is 23.5. The SMILES string of the molecule is c1ccc(C2c3ccc4ccccc4c3Oc3ncn4nc(CC56CC7CC(CC(C7)C5)C6)nc4c32)cc1. The van der Waals surface area contributed by atoms with Crippen molar-refractivity contribution in [3.05, 3.63) is 95.6 Å². The highest BCUT2D eigenvalue weighted by Crippen LogP contribution is 2.61. The van der Waals surface area contributed by atoms with Gasteiger partial charge in [-0.05, 0) is 72.6 Å². The molecule has 0 spiro atoms. The molecule has 188 valence electrons. The van der Waals surface area contributed by atoms with Gasteiger partial charge < -0.3 is 4.74 Å². The van der Waals surface area contributed by atoms with E-state index in [1.165, 1.54) is 49.5 Å². The molecule has 4 aliphatic carbocycles. The van der Waals surface area contributed by atoms with Crippen molar-refractivity contribution in [2.75, 3.05) is 0 Å². The van der Waals surface area contributed by atoms with Gasteiger partial charge in [0.2, 0.25) is 5.88 Å².